The van der Waals surface area contributed by atoms with E-state index in [4.69, 9.17) is 4.74 Å². The van der Waals surface area contributed by atoms with Crippen LogP contribution in [0.3, 0.4) is 0 Å². The maximum atomic E-state index is 13.6. The zero-order valence-corrected chi connectivity index (χ0v) is 24.2. The van der Waals surface area contributed by atoms with Crippen molar-refractivity contribution in [3.8, 4) is 5.75 Å². The number of carbonyl (C=O) groups excluding carboxylic acids is 1. The smallest absolute Gasteiger partial charge is 0.254 e. The Morgan fingerprint density at radius 2 is 1.32 bits per heavy atom. The van der Waals surface area contributed by atoms with Gasteiger partial charge in [0.2, 0.25) is 0 Å². The molecule has 2 aromatic rings. The summed E-state index contributed by atoms with van der Waals surface area (Å²) in [5, 5.41) is 0. The Morgan fingerprint density at radius 3 is 1.89 bits per heavy atom. The fourth-order valence-electron chi connectivity index (χ4n) is 4.38. The van der Waals surface area contributed by atoms with E-state index in [1.165, 1.54) is 31.2 Å². The minimum absolute atomic E-state index is 0.109. The van der Waals surface area contributed by atoms with E-state index < -0.39 is 0 Å². The molecule has 206 valence electrons. The highest BCUT2D eigenvalue weighted by Gasteiger charge is 2.18. The number of unbranched alkanes of at least 4 members (excludes halogenated alkanes) is 2. The van der Waals surface area contributed by atoms with Crippen molar-refractivity contribution in [2.75, 3.05) is 53.4 Å². The number of hydrogen-bond acceptors (Lipinski definition) is 4. The lowest BCUT2D eigenvalue weighted by molar-refractivity contribution is 0.0720. The van der Waals surface area contributed by atoms with Gasteiger partial charge in [-0.25, -0.2) is 0 Å². The van der Waals surface area contributed by atoms with Crippen LogP contribution in [0, 0.1) is 0 Å². The fraction of sp³-hybridized carbons (Fsp3) is 0.594. The van der Waals surface area contributed by atoms with Crippen molar-refractivity contribution in [3.05, 3.63) is 65.2 Å². The Balaban J connectivity index is 2.09. The molecule has 5 nitrogen and oxygen atoms in total. The van der Waals surface area contributed by atoms with Gasteiger partial charge in [0.05, 0.1) is 6.61 Å². The third-order valence-electron chi connectivity index (χ3n) is 6.68. The minimum Gasteiger partial charge on any atom is -0.494 e. The second kappa shape index (κ2) is 18.0. The van der Waals surface area contributed by atoms with E-state index in [2.05, 4.69) is 68.9 Å². The van der Waals surface area contributed by atoms with Crippen LogP contribution in [-0.4, -0.2) is 74.0 Å². The lowest BCUT2D eigenvalue weighted by Gasteiger charge is -2.28. The van der Waals surface area contributed by atoms with E-state index in [9.17, 15) is 4.79 Å². The summed E-state index contributed by atoms with van der Waals surface area (Å²) < 4.78 is 5.90. The number of ether oxygens (including phenoxy) is 1. The highest BCUT2D eigenvalue weighted by Crippen LogP contribution is 2.17. The molecule has 0 bridgehead atoms. The van der Waals surface area contributed by atoms with E-state index in [0.29, 0.717) is 13.2 Å². The molecule has 0 saturated heterocycles. The van der Waals surface area contributed by atoms with Crippen molar-refractivity contribution in [1.29, 1.82) is 0 Å². The molecule has 0 N–H and O–H groups in total. The molecule has 5 heteroatoms. The van der Waals surface area contributed by atoms with Crippen LogP contribution in [0.4, 0.5) is 0 Å². The van der Waals surface area contributed by atoms with Crippen LogP contribution in [-0.2, 0) is 13.0 Å². The molecule has 0 aliphatic carbocycles. The van der Waals surface area contributed by atoms with Crippen LogP contribution in [0.15, 0.2) is 48.5 Å². The average molecular weight is 510 g/mol. The maximum absolute atomic E-state index is 13.6. The summed E-state index contributed by atoms with van der Waals surface area (Å²) in [6, 6.07) is 16.5. The molecule has 0 saturated carbocycles. The molecular formula is C32H51N3O2. The molecule has 0 heterocycles. The van der Waals surface area contributed by atoms with Crippen molar-refractivity contribution in [3.63, 3.8) is 0 Å². The molecule has 0 aromatic heterocycles. The quantitative estimate of drug-likeness (QED) is 0.202. The molecule has 37 heavy (non-hydrogen) atoms. The molecule has 1 amide bonds. The first kappa shape index (κ1) is 30.9. The molecular weight excluding hydrogens is 458 g/mol. The van der Waals surface area contributed by atoms with E-state index in [0.717, 1.165) is 68.9 Å². The second-order valence-electron chi connectivity index (χ2n) is 10.4. The van der Waals surface area contributed by atoms with Gasteiger partial charge in [0, 0.05) is 31.7 Å². The highest BCUT2D eigenvalue weighted by atomic mass is 16.5. The Bertz CT molecular complexity index is 857. The summed E-state index contributed by atoms with van der Waals surface area (Å²) >= 11 is 0. The SMILES string of the molecule is CCCCN(CCCC)CCN(Cc1ccc(OCCCN(C)C)cc1)C(=O)c1ccc(CCC)cc1. The van der Waals surface area contributed by atoms with E-state index in [-0.39, 0.29) is 5.91 Å². The van der Waals surface area contributed by atoms with Crippen LogP contribution >= 0.6 is 0 Å². The van der Waals surface area contributed by atoms with Gasteiger partial charge in [-0.2, -0.15) is 0 Å². The third-order valence-corrected chi connectivity index (χ3v) is 6.68. The lowest BCUT2D eigenvalue weighted by Crippen LogP contribution is -2.39. The number of hydrogen-bond donors (Lipinski definition) is 0. The molecule has 0 radical (unpaired) electrons. The van der Waals surface area contributed by atoms with Crippen LogP contribution in [0.2, 0.25) is 0 Å². The largest absolute Gasteiger partial charge is 0.494 e. The molecule has 2 rings (SSSR count). The maximum Gasteiger partial charge on any atom is 0.254 e. The number of aryl methyl sites for hydroxylation is 1. The van der Waals surface area contributed by atoms with Crippen LogP contribution < -0.4 is 4.74 Å². The van der Waals surface area contributed by atoms with E-state index in [1.807, 2.05) is 29.2 Å². The average Bonchev–Trinajstić information content (AvgIpc) is 2.91. The standard InChI is InChI=1S/C32H51N3O2/c1-6-9-22-34(23-10-7-2)24-25-35(32(36)30-17-13-28(12-8-3)14-18-30)27-29-15-19-31(20-16-29)37-26-11-21-33(4)5/h13-20H,6-12,21-27H2,1-5H3. The van der Waals surface area contributed by atoms with Gasteiger partial charge in [-0.05, 0) is 88.3 Å². The Kier molecular flexibility index (Phi) is 15.0. The molecule has 0 unspecified atom stereocenters. The summed E-state index contributed by atoms with van der Waals surface area (Å²) in [6.45, 7) is 12.8. The monoisotopic (exact) mass is 509 g/mol. The Hall–Kier alpha value is -2.37. The van der Waals surface area contributed by atoms with Crippen LogP contribution in [0.5, 0.6) is 5.75 Å². The topological polar surface area (TPSA) is 36.0 Å². The Morgan fingerprint density at radius 1 is 0.703 bits per heavy atom. The van der Waals surface area contributed by atoms with Gasteiger partial charge in [0.1, 0.15) is 5.75 Å². The Labute approximate surface area is 226 Å². The first-order chi connectivity index (χ1) is 18.0. The van der Waals surface area contributed by atoms with Crippen molar-refractivity contribution >= 4 is 5.91 Å². The predicted molar refractivity (Wildman–Crippen MR) is 157 cm³/mol. The van der Waals surface area contributed by atoms with Crippen molar-refractivity contribution < 1.29 is 9.53 Å². The van der Waals surface area contributed by atoms with Crippen molar-refractivity contribution in [2.45, 2.75) is 72.3 Å². The van der Waals surface area contributed by atoms with Gasteiger partial charge in [0.25, 0.3) is 5.91 Å². The molecule has 2 aromatic carbocycles. The predicted octanol–water partition coefficient (Wildman–Crippen LogP) is 6.51. The minimum atomic E-state index is 0.109. The second-order valence-corrected chi connectivity index (χ2v) is 10.4. The number of benzene rings is 2. The summed E-state index contributed by atoms with van der Waals surface area (Å²) in [6.07, 6.45) is 7.95. The summed E-state index contributed by atoms with van der Waals surface area (Å²) in [5.74, 6) is 0.996. The normalized spacial score (nSPS) is 11.3. The number of amides is 1. The zero-order valence-electron chi connectivity index (χ0n) is 24.2. The number of rotatable bonds is 19. The third kappa shape index (κ3) is 12.1. The fourth-order valence-corrected chi connectivity index (χ4v) is 4.38. The van der Waals surface area contributed by atoms with Gasteiger partial charge in [-0.15, -0.1) is 0 Å². The number of nitrogens with zero attached hydrogens (tertiary/aromatic N) is 3. The van der Waals surface area contributed by atoms with Gasteiger partial charge >= 0.3 is 0 Å². The van der Waals surface area contributed by atoms with E-state index in [1.54, 1.807) is 0 Å². The van der Waals surface area contributed by atoms with Crippen molar-refractivity contribution in [2.24, 2.45) is 0 Å². The van der Waals surface area contributed by atoms with Crippen LogP contribution in [0.25, 0.3) is 0 Å². The van der Waals surface area contributed by atoms with Gasteiger partial charge < -0.3 is 19.4 Å². The first-order valence-electron chi connectivity index (χ1n) is 14.4. The molecule has 0 atom stereocenters. The van der Waals surface area contributed by atoms with Gasteiger partial charge in [-0.1, -0.05) is 64.3 Å². The lowest BCUT2D eigenvalue weighted by atomic mass is 10.1. The summed E-state index contributed by atoms with van der Waals surface area (Å²) in [7, 11) is 4.16. The van der Waals surface area contributed by atoms with Crippen molar-refractivity contribution in [1.82, 2.24) is 14.7 Å². The van der Waals surface area contributed by atoms with Gasteiger partial charge in [-0.3, -0.25) is 4.79 Å². The summed E-state index contributed by atoms with van der Waals surface area (Å²) in [5.41, 5.74) is 3.19. The molecule has 0 aliphatic rings. The van der Waals surface area contributed by atoms with Gasteiger partial charge in [0.15, 0.2) is 0 Å². The molecule has 0 aliphatic heterocycles. The van der Waals surface area contributed by atoms with E-state index >= 15 is 0 Å². The zero-order chi connectivity index (χ0) is 26.9. The molecule has 0 fully saturated rings. The first-order valence-corrected chi connectivity index (χ1v) is 14.4. The van der Waals surface area contributed by atoms with Crippen LogP contribution in [0.1, 0.15) is 80.8 Å². The number of carbonyl (C=O) groups is 1. The highest BCUT2D eigenvalue weighted by molar-refractivity contribution is 5.94. The summed E-state index contributed by atoms with van der Waals surface area (Å²) in [4.78, 5) is 20.4. The molecule has 0 spiro atoms.